The van der Waals surface area contributed by atoms with Gasteiger partial charge in [-0.3, -0.25) is 9.56 Å². The van der Waals surface area contributed by atoms with Gasteiger partial charge in [0, 0.05) is 59.1 Å². The fourth-order valence-electron chi connectivity index (χ4n) is 10.7. The van der Waals surface area contributed by atoms with E-state index < -0.39 is 0 Å². The molecule has 0 unspecified atom stereocenters. The number of para-hydroxylation sites is 1. The molecule has 13 aromatic rings. The number of fused-ring (bicyclic) bond motifs is 9. The zero-order valence-corrected chi connectivity index (χ0v) is 40.2. The van der Waals surface area contributed by atoms with Crippen LogP contribution in [0.3, 0.4) is 0 Å². The lowest BCUT2D eigenvalue weighted by atomic mass is 9.94. The largest absolute Gasteiger partial charge is 0.398 e. The molecule has 8 heteroatoms. The molecule has 9 aromatic carbocycles. The third-order valence-electron chi connectivity index (χ3n) is 14.1. The summed E-state index contributed by atoms with van der Waals surface area (Å²) >= 11 is 1.76. The van der Waals surface area contributed by atoms with Crippen LogP contribution in [0.15, 0.2) is 236 Å². The molecular weight excluding hydrogens is 911 g/mol. The molecule has 0 atom stereocenters. The molecule has 1 aliphatic carbocycles. The Hall–Kier alpha value is -9.50. The van der Waals surface area contributed by atoms with E-state index in [-0.39, 0.29) is 0 Å². The molecule has 0 saturated carbocycles. The Labute approximate surface area is 424 Å². The van der Waals surface area contributed by atoms with Crippen LogP contribution in [0.2, 0.25) is 0 Å². The highest BCUT2D eigenvalue weighted by Crippen LogP contribution is 2.44. The zero-order valence-electron chi connectivity index (χ0n) is 39.4. The SMILES string of the molecule is N/C(=C1\C(=N/Cn2c3ccccc3c3c(-c4ccc5c(c4)c4ccc6ccccc6c4n5-c4nc(-c5ccccc5)nc(-c5ccccc5)n4)cccc32)C=Cc2cc(-c3ccccc3)sc21)c1ccccc1. The lowest BCUT2D eigenvalue weighted by Crippen LogP contribution is -2.11. The summed E-state index contributed by atoms with van der Waals surface area (Å²) in [5.41, 5.74) is 21.4. The van der Waals surface area contributed by atoms with Crippen LogP contribution < -0.4 is 5.73 Å². The molecule has 73 heavy (non-hydrogen) atoms. The maximum atomic E-state index is 7.19. The van der Waals surface area contributed by atoms with Crippen molar-refractivity contribution in [1.29, 1.82) is 0 Å². The number of rotatable bonds is 8. The second kappa shape index (κ2) is 17.4. The molecule has 0 fully saturated rings. The molecule has 0 aliphatic heterocycles. The molecule has 4 aromatic heterocycles. The molecule has 0 spiro atoms. The quantitative estimate of drug-likeness (QED) is 0.164. The summed E-state index contributed by atoms with van der Waals surface area (Å²) in [7, 11) is 0. The van der Waals surface area contributed by atoms with E-state index in [1.807, 2.05) is 54.6 Å². The predicted octanol–water partition coefficient (Wildman–Crippen LogP) is 15.9. The number of aromatic nitrogens is 5. The van der Waals surface area contributed by atoms with Gasteiger partial charge in [-0.15, -0.1) is 11.3 Å². The Balaban J connectivity index is 0.932. The van der Waals surface area contributed by atoms with E-state index in [1.54, 1.807) is 11.3 Å². The predicted molar refractivity (Wildman–Crippen MR) is 305 cm³/mol. The molecule has 4 heterocycles. The van der Waals surface area contributed by atoms with E-state index in [0.717, 1.165) is 93.2 Å². The van der Waals surface area contributed by atoms with Gasteiger partial charge < -0.3 is 10.3 Å². The summed E-state index contributed by atoms with van der Waals surface area (Å²) in [6, 6.07) is 78.6. The topological polar surface area (TPSA) is 86.9 Å². The molecule has 0 radical (unpaired) electrons. The van der Waals surface area contributed by atoms with Crippen LogP contribution >= 0.6 is 11.3 Å². The summed E-state index contributed by atoms with van der Waals surface area (Å²) in [5.74, 6) is 1.79. The third kappa shape index (κ3) is 7.18. The van der Waals surface area contributed by atoms with Crippen LogP contribution in [0.25, 0.3) is 122 Å². The van der Waals surface area contributed by atoms with Gasteiger partial charge >= 0.3 is 0 Å². The van der Waals surface area contributed by atoms with Gasteiger partial charge in [0.15, 0.2) is 11.6 Å². The zero-order chi connectivity index (χ0) is 48.4. The van der Waals surface area contributed by atoms with Crippen molar-refractivity contribution >= 4 is 88.8 Å². The van der Waals surface area contributed by atoms with Crippen LogP contribution in [-0.4, -0.2) is 29.8 Å². The number of allylic oxidation sites excluding steroid dienone is 2. The van der Waals surface area contributed by atoms with Crippen molar-refractivity contribution in [1.82, 2.24) is 24.1 Å². The Bertz CT molecular complexity index is 4340. The molecule has 2 N–H and O–H groups in total. The minimum atomic E-state index is 0.395. The molecular formula is C65H43N7S. The van der Waals surface area contributed by atoms with Gasteiger partial charge in [-0.1, -0.05) is 200 Å². The molecule has 0 amide bonds. The van der Waals surface area contributed by atoms with Crippen LogP contribution in [0.1, 0.15) is 16.0 Å². The van der Waals surface area contributed by atoms with Crippen molar-refractivity contribution in [3.63, 3.8) is 0 Å². The van der Waals surface area contributed by atoms with Gasteiger partial charge in [0.2, 0.25) is 5.95 Å². The van der Waals surface area contributed by atoms with E-state index >= 15 is 0 Å². The molecule has 1 aliphatic rings. The third-order valence-corrected chi connectivity index (χ3v) is 15.3. The van der Waals surface area contributed by atoms with Gasteiger partial charge in [-0.25, -0.2) is 4.98 Å². The van der Waals surface area contributed by atoms with Crippen LogP contribution in [-0.2, 0) is 6.67 Å². The van der Waals surface area contributed by atoms with Crippen molar-refractivity contribution in [3.8, 4) is 50.3 Å². The molecule has 7 nitrogen and oxygen atoms in total. The normalized spacial score (nSPS) is 13.7. The molecule has 0 bridgehead atoms. The average Bonchev–Trinajstić information content (AvgIpc) is 4.16. The van der Waals surface area contributed by atoms with Crippen molar-refractivity contribution in [2.45, 2.75) is 6.67 Å². The lowest BCUT2D eigenvalue weighted by Gasteiger charge is -2.17. The number of nitrogens with zero attached hydrogens (tertiary/aromatic N) is 6. The van der Waals surface area contributed by atoms with Crippen molar-refractivity contribution in [2.75, 3.05) is 0 Å². The molecule has 344 valence electrons. The smallest absolute Gasteiger partial charge is 0.238 e. The molecule has 0 saturated heterocycles. The molecule has 14 rings (SSSR count). The highest BCUT2D eigenvalue weighted by Gasteiger charge is 2.25. The van der Waals surface area contributed by atoms with Gasteiger partial charge in [-0.05, 0) is 69.6 Å². The second-order valence-corrected chi connectivity index (χ2v) is 19.4. The summed E-state index contributed by atoms with van der Waals surface area (Å²) in [5, 5.41) is 6.83. The first-order valence-electron chi connectivity index (χ1n) is 24.4. The van der Waals surface area contributed by atoms with E-state index in [2.05, 4.69) is 191 Å². The highest BCUT2D eigenvalue weighted by atomic mass is 32.1. The van der Waals surface area contributed by atoms with Crippen molar-refractivity contribution in [3.05, 3.63) is 247 Å². The Morgan fingerprint density at radius 2 is 1.14 bits per heavy atom. The number of aliphatic imine (C=N–C) groups is 1. The maximum absolute atomic E-state index is 7.19. The van der Waals surface area contributed by atoms with Gasteiger partial charge in [-0.2, -0.15) is 9.97 Å². The Morgan fingerprint density at radius 3 is 1.88 bits per heavy atom. The summed E-state index contributed by atoms with van der Waals surface area (Å²) in [6.07, 6.45) is 4.31. The standard InChI is InChI=1S/C65H43N7S/c66-60(43-21-7-2-8-22-43)59-53(36-33-47-39-57(73-62(47)59)42-19-5-1-6-20-42)67-40-71-54-30-16-15-28-51(54)58-48(29-17-31-56(58)71)46-34-37-55-52(38-46)50-35-32-41-18-13-14-27-49(41)61(50)72(55)65-69-63(44-23-9-3-10-24-44)68-64(70-65)45-25-11-4-12-26-45/h1-39H,40,66H2/b60-59+,67-53-. The average molecular weight is 954 g/mol. The van der Waals surface area contributed by atoms with E-state index in [4.69, 9.17) is 25.7 Å². The summed E-state index contributed by atoms with van der Waals surface area (Å²) in [4.78, 5) is 23.3. The number of thiophene rings is 1. The fourth-order valence-corrected chi connectivity index (χ4v) is 11.9. The number of hydrogen-bond acceptors (Lipinski definition) is 6. The first kappa shape index (κ1) is 42.4. The summed E-state index contributed by atoms with van der Waals surface area (Å²) < 4.78 is 4.58. The van der Waals surface area contributed by atoms with E-state index in [0.29, 0.717) is 30.0 Å². The van der Waals surface area contributed by atoms with Gasteiger partial charge in [0.25, 0.3) is 0 Å². The monoisotopic (exact) mass is 953 g/mol. The first-order valence-corrected chi connectivity index (χ1v) is 25.3. The highest BCUT2D eigenvalue weighted by molar-refractivity contribution is 7.17. The van der Waals surface area contributed by atoms with Gasteiger partial charge in [0.05, 0.1) is 27.8 Å². The fraction of sp³-hybridized carbons (Fsp3) is 0.0154. The second-order valence-electron chi connectivity index (χ2n) is 18.3. The van der Waals surface area contributed by atoms with Crippen LogP contribution in [0.4, 0.5) is 0 Å². The number of nitrogens with two attached hydrogens (primary N) is 1. The van der Waals surface area contributed by atoms with Crippen LogP contribution in [0, 0.1) is 0 Å². The Kier molecular flexibility index (Phi) is 10.1. The van der Waals surface area contributed by atoms with Crippen molar-refractivity contribution in [2.24, 2.45) is 10.7 Å². The number of benzene rings is 9. The first-order chi connectivity index (χ1) is 36.1. The lowest BCUT2D eigenvalue weighted by molar-refractivity contribution is 0.794. The minimum Gasteiger partial charge on any atom is -0.398 e. The van der Waals surface area contributed by atoms with Gasteiger partial charge in [0.1, 0.15) is 6.67 Å². The van der Waals surface area contributed by atoms with E-state index in [1.165, 1.54) is 21.2 Å². The summed E-state index contributed by atoms with van der Waals surface area (Å²) in [6.45, 7) is 0.395. The minimum absolute atomic E-state index is 0.395. The van der Waals surface area contributed by atoms with Crippen molar-refractivity contribution < 1.29 is 0 Å². The van der Waals surface area contributed by atoms with E-state index in [9.17, 15) is 0 Å². The maximum Gasteiger partial charge on any atom is 0.238 e. The Morgan fingerprint density at radius 1 is 0.493 bits per heavy atom. The van der Waals surface area contributed by atoms with Crippen LogP contribution in [0.5, 0.6) is 0 Å². The number of hydrogen-bond donors (Lipinski definition) is 1.